The number of aryl methyl sites for hydroxylation is 1. The molecule has 0 heterocycles. The van der Waals surface area contributed by atoms with Crippen LogP contribution in [0.2, 0.25) is 15.1 Å². The summed E-state index contributed by atoms with van der Waals surface area (Å²) in [5, 5.41) is 0.669. The van der Waals surface area contributed by atoms with E-state index in [-0.39, 0.29) is 20.7 Å². The molecule has 0 saturated heterocycles. The third-order valence-electron chi connectivity index (χ3n) is 4.21. The Morgan fingerprint density at radius 2 is 1.48 bits per heavy atom. The maximum absolute atomic E-state index is 12.9. The number of rotatable bonds is 4. The highest BCUT2D eigenvalue weighted by atomic mass is 35.5. The van der Waals surface area contributed by atoms with E-state index in [0.29, 0.717) is 25.3 Å². The summed E-state index contributed by atoms with van der Waals surface area (Å²) in [6.07, 6.45) is 0. The van der Waals surface area contributed by atoms with E-state index in [0.717, 1.165) is 5.56 Å². The first kappa shape index (κ1) is 21.9. The molecule has 2 N–H and O–H groups in total. The minimum Gasteiger partial charge on any atom is -0.192 e. The quantitative estimate of drug-likeness (QED) is 0.216. The highest BCUT2D eigenvalue weighted by Crippen LogP contribution is 2.37. The zero-order valence-electron chi connectivity index (χ0n) is 15.0. The molecule has 0 fully saturated rings. The van der Waals surface area contributed by atoms with Crippen LogP contribution in [0.5, 0.6) is 0 Å². The molecule has 0 bridgehead atoms. The van der Waals surface area contributed by atoms with E-state index in [1.165, 1.54) is 18.2 Å². The molecule has 3 aromatic carbocycles. The molecule has 150 valence electrons. The van der Waals surface area contributed by atoms with Crippen LogP contribution >= 0.6 is 46.4 Å². The lowest BCUT2D eigenvalue weighted by Gasteiger charge is -2.10. The van der Waals surface area contributed by atoms with Crippen LogP contribution in [0.25, 0.3) is 11.1 Å². The summed E-state index contributed by atoms with van der Waals surface area (Å²) < 4.78 is 26.2. The normalized spacial score (nSPS) is 12.6. The number of halogens is 4. The Hall–Kier alpha value is -1.76. The van der Waals surface area contributed by atoms with Gasteiger partial charge >= 0.3 is 15.2 Å². The second-order valence-electron chi connectivity index (χ2n) is 6.20. The molecule has 0 saturated carbocycles. The van der Waals surface area contributed by atoms with Gasteiger partial charge in [-0.3, -0.25) is 0 Å². The molecule has 0 atom stereocenters. The number of hydrazine groups is 1. The number of nitrogens with zero attached hydrogens (tertiary/aromatic N) is 1. The number of benzene rings is 3. The van der Waals surface area contributed by atoms with Crippen molar-refractivity contribution in [2.45, 2.75) is 11.8 Å². The van der Waals surface area contributed by atoms with Gasteiger partial charge in [0, 0.05) is 25.3 Å². The van der Waals surface area contributed by atoms with Crippen molar-refractivity contribution in [3.63, 3.8) is 0 Å². The number of sulfonamides is 1. The lowest BCUT2D eigenvalue weighted by molar-refractivity contribution is -0.374. The number of hydrogen-bond donors (Lipinski definition) is 1. The second-order valence-corrected chi connectivity index (χ2v) is 9.59. The fourth-order valence-electron chi connectivity index (χ4n) is 2.64. The average molecular weight is 489 g/mol. The van der Waals surface area contributed by atoms with Crippen molar-refractivity contribution in [1.82, 2.24) is 0 Å². The molecular weight excluding hydrogens is 474 g/mol. The van der Waals surface area contributed by atoms with Gasteiger partial charge in [0.15, 0.2) is 0 Å². The van der Waals surface area contributed by atoms with Gasteiger partial charge in [-0.15, -0.1) is 0 Å². The summed E-state index contributed by atoms with van der Waals surface area (Å²) in [5.74, 6) is 5.88. The van der Waals surface area contributed by atoms with Gasteiger partial charge in [-0.05, 0) is 48.9 Å². The van der Waals surface area contributed by atoms with Crippen LogP contribution in [0.1, 0.15) is 11.1 Å². The number of hydrazone groups is 1. The molecule has 0 aliphatic heterocycles. The van der Waals surface area contributed by atoms with Crippen molar-refractivity contribution in [2.24, 2.45) is 5.84 Å². The molecule has 0 unspecified atom stereocenters. The fraction of sp³-hybridized carbons (Fsp3) is 0.0500. The highest BCUT2D eigenvalue weighted by Gasteiger charge is 2.31. The van der Waals surface area contributed by atoms with E-state index in [1.807, 2.05) is 6.92 Å². The smallest absolute Gasteiger partial charge is 0.192 e. The molecule has 9 heteroatoms. The average Bonchev–Trinajstić information content (AvgIpc) is 2.68. The van der Waals surface area contributed by atoms with E-state index in [2.05, 4.69) is 0 Å². The Kier molecular flexibility index (Phi) is 6.46. The zero-order valence-corrected chi connectivity index (χ0v) is 18.9. The predicted octanol–water partition coefficient (Wildman–Crippen LogP) is 5.88. The van der Waals surface area contributed by atoms with Crippen LogP contribution in [0.3, 0.4) is 0 Å². The third kappa shape index (κ3) is 4.39. The molecule has 3 rings (SSSR count). The van der Waals surface area contributed by atoms with Crippen LogP contribution in [0.15, 0.2) is 65.6 Å². The standard InChI is InChI=1S/C20H15Cl4N2O2S/c1-12-6-8-13(9-7-12)29(27,28)26(25)20(24)16-10-15(18(22)11-19(16)23)14-4-2-3-5-17(14)21/h2-11H,25H2,1H3/q+1/b26-20-. The lowest BCUT2D eigenvalue weighted by Crippen LogP contribution is -2.32. The van der Waals surface area contributed by atoms with Gasteiger partial charge in [-0.25, -0.2) is 0 Å². The minimum absolute atomic E-state index is 0.000151. The van der Waals surface area contributed by atoms with Crippen molar-refractivity contribution in [1.29, 1.82) is 0 Å². The first-order valence-electron chi connectivity index (χ1n) is 8.26. The van der Waals surface area contributed by atoms with Crippen molar-refractivity contribution in [2.75, 3.05) is 0 Å². The molecule has 0 spiro atoms. The first-order chi connectivity index (χ1) is 13.6. The molecule has 4 nitrogen and oxygen atoms in total. The van der Waals surface area contributed by atoms with Gasteiger partial charge < -0.3 is 0 Å². The van der Waals surface area contributed by atoms with Crippen LogP contribution in [0, 0.1) is 6.92 Å². The summed E-state index contributed by atoms with van der Waals surface area (Å²) in [4.78, 5) is 0.000151. The fourth-order valence-corrected chi connectivity index (χ4v) is 4.95. The summed E-state index contributed by atoms with van der Waals surface area (Å²) in [6.45, 7) is 1.85. The zero-order chi connectivity index (χ0) is 21.3. The van der Waals surface area contributed by atoms with Crippen LogP contribution < -0.4 is 5.84 Å². The van der Waals surface area contributed by atoms with Gasteiger partial charge in [0.25, 0.3) is 0 Å². The van der Waals surface area contributed by atoms with Gasteiger partial charge in [0.2, 0.25) is 0 Å². The van der Waals surface area contributed by atoms with Crippen molar-refractivity contribution in [3.8, 4) is 11.1 Å². The monoisotopic (exact) mass is 487 g/mol. The molecule has 0 radical (unpaired) electrons. The van der Waals surface area contributed by atoms with E-state index >= 15 is 0 Å². The Morgan fingerprint density at radius 1 is 0.862 bits per heavy atom. The topological polar surface area (TPSA) is 63.2 Å². The molecular formula is C20H15Cl4N2O2S+. The van der Waals surface area contributed by atoms with E-state index in [9.17, 15) is 8.42 Å². The number of nitrogens with two attached hydrogens (primary N) is 1. The molecule has 0 aliphatic carbocycles. The summed E-state index contributed by atoms with van der Waals surface area (Å²) in [5.41, 5.74) is 2.29. The minimum atomic E-state index is -4.09. The molecule has 0 amide bonds. The Bertz CT molecular complexity index is 1220. The summed E-state index contributed by atoms with van der Waals surface area (Å²) in [6, 6.07) is 16.3. The van der Waals surface area contributed by atoms with Gasteiger partial charge in [0.1, 0.15) is 4.90 Å². The maximum atomic E-state index is 12.9. The van der Waals surface area contributed by atoms with Gasteiger partial charge in [-0.1, -0.05) is 70.7 Å². The summed E-state index contributed by atoms with van der Waals surface area (Å²) >= 11 is 25.2. The second kappa shape index (κ2) is 8.54. The van der Waals surface area contributed by atoms with E-state index < -0.39 is 10.0 Å². The largest absolute Gasteiger partial charge is 0.421 e. The Balaban J connectivity index is 2.18. The van der Waals surface area contributed by atoms with Gasteiger partial charge in [0.05, 0.1) is 10.6 Å². The van der Waals surface area contributed by atoms with E-state index in [1.54, 1.807) is 42.5 Å². The molecule has 3 aromatic rings. The maximum Gasteiger partial charge on any atom is 0.421 e. The lowest BCUT2D eigenvalue weighted by atomic mass is 10.0. The van der Waals surface area contributed by atoms with Crippen molar-refractivity contribution >= 4 is 61.6 Å². The number of hydrogen-bond acceptors (Lipinski definition) is 3. The molecule has 29 heavy (non-hydrogen) atoms. The van der Waals surface area contributed by atoms with E-state index in [4.69, 9.17) is 52.2 Å². The third-order valence-corrected chi connectivity index (χ3v) is 7.22. The van der Waals surface area contributed by atoms with Crippen molar-refractivity contribution < 1.29 is 12.5 Å². The van der Waals surface area contributed by atoms with Crippen LogP contribution in [-0.2, 0) is 10.0 Å². The first-order valence-corrected chi connectivity index (χ1v) is 11.2. The Morgan fingerprint density at radius 3 is 2.10 bits per heavy atom. The predicted molar refractivity (Wildman–Crippen MR) is 120 cm³/mol. The Labute approximate surface area is 189 Å². The van der Waals surface area contributed by atoms with Crippen LogP contribution in [-0.4, -0.2) is 17.7 Å². The molecule has 0 aromatic heterocycles. The highest BCUT2D eigenvalue weighted by molar-refractivity contribution is 7.85. The summed E-state index contributed by atoms with van der Waals surface area (Å²) in [7, 11) is -4.09. The SMILES string of the molecule is Cc1ccc(S(=O)(=O)/[N+](N)=C(\Cl)c2cc(-c3ccccc3Cl)c(Cl)cc2Cl)cc1. The van der Waals surface area contributed by atoms with Gasteiger partial charge in [-0.2, -0.15) is 14.3 Å². The molecule has 0 aliphatic rings. The van der Waals surface area contributed by atoms with Crippen molar-refractivity contribution in [3.05, 3.63) is 86.9 Å². The van der Waals surface area contributed by atoms with Crippen LogP contribution in [0.4, 0.5) is 0 Å².